The van der Waals surface area contributed by atoms with Crippen LogP contribution in [0.5, 0.6) is 0 Å². The summed E-state index contributed by atoms with van der Waals surface area (Å²) >= 11 is 0. The lowest BCUT2D eigenvalue weighted by atomic mass is 9.90. The summed E-state index contributed by atoms with van der Waals surface area (Å²) in [6.07, 6.45) is 2.87. The van der Waals surface area contributed by atoms with Gasteiger partial charge < -0.3 is 10.6 Å². The van der Waals surface area contributed by atoms with Crippen LogP contribution in [0.15, 0.2) is 24.3 Å². The fraction of sp³-hybridized carbons (Fsp3) is 0.500. The van der Waals surface area contributed by atoms with Gasteiger partial charge in [-0.3, -0.25) is 4.79 Å². The summed E-state index contributed by atoms with van der Waals surface area (Å²) in [6, 6.07) is 8.05. The zero-order valence-corrected chi connectivity index (χ0v) is 10.4. The highest BCUT2D eigenvalue weighted by atomic mass is 16.2. The Morgan fingerprint density at radius 3 is 2.76 bits per heavy atom. The van der Waals surface area contributed by atoms with Gasteiger partial charge in [0, 0.05) is 31.1 Å². The molecule has 1 aliphatic heterocycles. The van der Waals surface area contributed by atoms with Gasteiger partial charge in [-0.2, -0.15) is 0 Å². The van der Waals surface area contributed by atoms with E-state index in [1.807, 2.05) is 24.0 Å². The second-order valence-electron chi connectivity index (χ2n) is 4.70. The lowest BCUT2D eigenvalue weighted by Gasteiger charge is -2.33. The van der Waals surface area contributed by atoms with Crippen LogP contribution < -0.4 is 5.73 Å². The number of nitrogen functional groups attached to an aromatic ring is 1. The van der Waals surface area contributed by atoms with Crippen LogP contribution in [0, 0.1) is 0 Å². The monoisotopic (exact) mass is 232 g/mol. The zero-order valence-electron chi connectivity index (χ0n) is 10.4. The van der Waals surface area contributed by atoms with Crippen molar-refractivity contribution in [1.82, 2.24) is 4.90 Å². The van der Waals surface area contributed by atoms with Crippen molar-refractivity contribution in [3.8, 4) is 0 Å². The summed E-state index contributed by atoms with van der Waals surface area (Å²) < 4.78 is 0. The van der Waals surface area contributed by atoms with E-state index in [9.17, 15) is 4.79 Å². The molecule has 92 valence electrons. The Hall–Kier alpha value is -1.51. The number of nitrogens with two attached hydrogens (primary N) is 1. The van der Waals surface area contributed by atoms with Crippen molar-refractivity contribution < 1.29 is 4.79 Å². The van der Waals surface area contributed by atoms with Gasteiger partial charge in [0.25, 0.3) is 0 Å². The number of hydrogen-bond acceptors (Lipinski definition) is 2. The second-order valence-corrected chi connectivity index (χ2v) is 4.70. The Kier molecular flexibility index (Phi) is 3.67. The highest BCUT2D eigenvalue weighted by molar-refractivity contribution is 5.76. The molecule has 1 heterocycles. The number of carbonyl (C=O) groups excluding carboxylic acids is 1. The molecule has 0 aromatic heterocycles. The first kappa shape index (κ1) is 12.0. The molecule has 2 rings (SSSR count). The van der Waals surface area contributed by atoms with Crippen LogP contribution in [0.1, 0.15) is 37.7 Å². The number of anilines is 1. The summed E-state index contributed by atoms with van der Waals surface area (Å²) in [5.74, 6) is 0.741. The van der Waals surface area contributed by atoms with Crippen molar-refractivity contribution >= 4 is 11.6 Å². The van der Waals surface area contributed by atoms with E-state index in [4.69, 9.17) is 5.73 Å². The minimum atomic E-state index is 0.269. The maximum atomic E-state index is 11.7. The lowest BCUT2D eigenvalue weighted by Crippen LogP contribution is -2.38. The van der Waals surface area contributed by atoms with Gasteiger partial charge in [-0.25, -0.2) is 0 Å². The smallest absolute Gasteiger partial charge is 0.222 e. The number of likely N-dealkylation sites (tertiary alicyclic amines) is 1. The molecule has 0 spiro atoms. The third kappa shape index (κ3) is 2.78. The van der Waals surface area contributed by atoms with Crippen molar-refractivity contribution in [3.63, 3.8) is 0 Å². The Balaban J connectivity index is 2.06. The van der Waals surface area contributed by atoms with E-state index >= 15 is 0 Å². The second kappa shape index (κ2) is 5.21. The van der Waals surface area contributed by atoms with Crippen molar-refractivity contribution in [2.45, 2.75) is 32.1 Å². The molecular weight excluding hydrogens is 212 g/mol. The Morgan fingerprint density at radius 1 is 1.41 bits per heavy atom. The van der Waals surface area contributed by atoms with E-state index in [1.54, 1.807) is 0 Å². The number of benzene rings is 1. The van der Waals surface area contributed by atoms with Crippen LogP contribution in [0.25, 0.3) is 0 Å². The molecular formula is C14H20N2O. The van der Waals surface area contributed by atoms with E-state index in [0.29, 0.717) is 12.3 Å². The molecule has 1 aromatic carbocycles. The molecule has 1 unspecified atom stereocenters. The summed E-state index contributed by atoms with van der Waals surface area (Å²) in [6.45, 7) is 3.70. The molecule has 17 heavy (non-hydrogen) atoms. The third-order valence-corrected chi connectivity index (χ3v) is 3.48. The Bertz CT molecular complexity index is 386. The number of carbonyl (C=O) groups is 1. The van der Waals surface area contributed by atoms with Crippen LogP contribution >= 0.6 is 0 Å². The molecule has 3 nitrogen and oxygen atoms in total. The largest absolute Gasteiger partial charge is 0.399 e. The average molecular weight is 232 g/mol. The highest BCUT2D eigenvalue weighted by Crippen LogP contribution is 2.27. The number of rotatable bonds is 2. The first-order valence-electron chi connectivity index (χ1n) is 6.34. The number of amides is 1. The van der Waals surface area contributed by atoms with Crippen molar-refractivity contribution in [2.24, 2.45) is 0 Å². The van der Waals surface area contributed by atoms with Crippen molar-refractivity contribution in [1.29, 1.82) is 0 Å². The normalized spacial score (nSPS) is 20.3. The van der Waals surface area contributed by atoms with Gasteiger partial charge in [0.2, 0.25) is 5.91 Å². The summed E-state index contributed by atoms with van der Waals surface area (Å²) in [4.78, 5) is 13.7. The van der Waals surface area contributed by atoms with Gasteiger partial charge in [0.1, 0.15) is 0 Å². The van der Waals surface area contributed by atoms with E-state index in [0.717, 1.165) is 31.6 Å². The lowest BCUT2D eigenvalue weighted by molar-refractivity contribution is -0.132. The number of hydrogen-bond donors (Lipinski definition) is 1. The predicted molar refractivity (Wildman–Crippen MR) is 69.7 cm³/mol. The van der Waals surface area contributed by atoms with E-state index < -0.39 is 0 Å². The average Bonchev–Trinajstić information content (AvgIpc) is 2.39. The van der Waals surface area contributed by atoms with E-state index in [-0.39, 0.29) is 5.91 Å². The molecule has 0 radical (unpaired) electrons. The maximum Gasteiger partial charge on any atom is 0.222 e. The third-order valence-electron chi connectivity index (χ3n) is 3.48. The molecule has 1 fully saturated rings. The summed E-state index contributed by atoms with van der Waals surface area (Å²) in [5, 5.41) is 0. The molecule has 2 N–H and O–H groups in total. The van der Waals surface area contributed by atoms with Gasteiger partial charge in [0.05, 0.1) is 0 Å². The molecule has 3 heteroatoms. The Morgan fingerprint density at radius 2 is 2.12 bits per heavy atom. The minimum absolute atomic E-state index is 0.269. The van der Waals surface area contributed by atoms with E-state index in [1.165, 1.54) is 5.56 Å². The van der Waals surface area contributed by atoms with Gasteiger partial charge in [-0.05, 0) is 30.5 Å². The SMILES string of the molecule is CCC(=O)N1CCCC(c2ccc(N)cc2)C1. The van der Waals surface area contributed by atoms with Crippen LogP contribution in [0.3, 0.4) is 0 Å². The molecule has 0 aliphatic carbocycles. The molecule has 1 atom stereocenters. The minimum Gasteiger partial charge on any atom is -0.399 e. The summed E-state index contributed by atoms with van der Waals surface area (Å²) in [7, 11) is 0. The first-order valence-corrected chi connectivity index (χ1v) is 6.34. The van der Waals surface area contributed by atoms with Gasteiger partial charge in [-0.1, -0.05) is 19.1 Å². The molecule has 0 saturated carbocycles. The van der Waals surface area contributed by atoms with Crippen molar-refractivity contribution in [2.75, 3.05) is 18.8 Å². The maximum absolute atomic E-state index is 11.7. The van der Waals surface area contributed by atoms with Gasteiger partial charge >= 0.3 is 0 Å². The van der Waals surface area contributed by atoms with E-state index in [2.05, 4.69) is 12.1 Å². The molecule has 1 saturated heterocycles. The van der Waals surface area contributed by atoms with Gasteiger partial charge in [-0.15, -0.1) is 0 Å². The summed E-state index contributed by atoms with van der Waals surface area (Å²) in [5.41, 5.74) is 7.78. The number of nitrogens with zero attached hydrogens (tertiary/aromatic N) is 1. The topological polar surface area (TPSA) is 46.3 Å². The first-order chi connectivity index (χ1) is 8.20. The van der Waals surface area contributed by atoms with Crippen LogP contribution in [-0.2, 0) is 4.79 Å². The van der Waals surface area contributed by atoms with Crippen LogP contribution in [-0.4, -0.2) is 23.9 Å². The zero-order chi connectivity index (χ0) is 12.3. The predicted octanol–water partition coefficient (Wildman–Crippen LogP) is 2.38. The number of piperidine rings is 1. The van der Waals surface area contributed by atoms with Crippen LogP contribution in [0.4, 0.5) is 5.69 Å². The molecule has 1 aromatic rings. The highest BCUT2D eigenvalue weighted by Gasteiger charge is 2.23. The molecule has 1 aliphatic rings. The van der Waals surface area contributed by atoms with Gasteiger partial charge in [0.15, 0.2) is 0 Å². The molecule has 0 bridgehead atoms. The fourth-order valence-electron chi connectivity index (χ4n) is 2.47. The standard InChI is InChI=1S/C14H20N2O/c1-2-14(17)16-9-3-4-12(10-16)11-5-7-13(15)8-6-11/h5-8,12H,2-4,9-10,15H2,1H3. The fourth-order valence-corrected chi connectivity index (χ4v) is 2.47. The quantitative estimate of drug-likeness (QED) is 0.796. The van der Waals surface area contributed by atoms with Crippen LogP contribution in [0.2, 0.25) is 0 Å². The van der Waals surface area contributed by atoms with Crippen molar-refractivity contribution in [3.05, 3.63) is 29.8 Å². The molecule has 1 amide bonds. The Labute approximate surface area is 103 Å².